The van der Waals surface area contributed by atoms with Gasteiger partial charge in [0.2, 0.25) is 0 Å². The molecule has 2 rings (SSSR count). The number of unbranched alkanes of at least 4 members (excludes halogenated alkanes) is 1. The zero-order valence-corrected chi connectivity index (χ0v) is 11.4. The number of nitrogens with zero attached hydrogens (tertiary/aromatic N) is 2. The SMILES string of the molecule is Cc1nn(C2CCCC2)cc1CNCCCCO. The van der Waals surface area contributed by atoms with Crippen LogP contribution in [0.3, 0.4) is 0 Å². The van der Waals surface area contributed by atoms with Gasteiger partial charge in [0.25, 0.3) is 0 Å². The van der Waals surface area contributed by atoms with Gasteiger partial charge in [-0.15, -0.1) is 0 Å². The molecule has 1 saturated carbocycles. The van der Waals surface area contributed by atoms with E-state index in [-0.39, 0.29) is 0 Å². The summed E-state index contributed by atoms with van der Waals surface area (Å²) < 4.78 is 2.17. The average Bonchev–Trinajstić information content (AvgIpc) is 2.99. The van der Waals surface area contributed by atoms with Gasteiger partial charge in [0, 0.05) is 24.9 Å². The van der Waals surface area contributed by atoms with E-state index in [1.165, 1.54) is 31.2 Å². The number of hydrogen-bond donors (Lipinski definition) is 2. The summed E-state index contributed by atoms with van der Waals surface area (Å²) in [6.45, 7) is 4.25. The molecule has 1 heterocycles. The number of aryl methyl sites for hydroxylation is 1. The van der Waals surface area contributed by atoms with Crippen molar-refractivity contribution in [3.8, 4) is 0 Å². The summed E-state index contributed by atoms with van der Waals surface area (Å²) in [5.41, 5.74) is 2.46. The second-order valence-electron chi connectivity index (χ2n) is 5.27. The predicted molar refractivity (Wildman–Crippen MR) is 72.5 cm³/mol. The standard InChI is InChI=1S/C14H25N3O/c1-12-13(10-15-8-4-5-9-18)11-17(16-12)14-6-2-3-7-14/h11,14-15,18H,2-10H2,1H3. The number of aromatic nitrogens is 2. The normalized spacial score (nSPS) is 16.6. The monoisotopic (exact) mass is 251 g/mol. The molecule has 18 heavy (non-hydrogen) atoms. The second-order valence-corrected chi connectivity index (χ2v) is 5.27. The van der Waals surface area contributed by atoms with Crippen LogP contribution in [0.25, 0.3) is 0 Å². The molecule has 1 aliphatic rings. The van der Waals surface area contributed by atoms with Gasteiger partial charge in [-0.1, -0.05) is 12.8 Å². The molecule has 0 aliphatic heterocycles. The second kappa shape index (κ2) is 6.90. The number of hydrogen-bond acceptors (Lipinski definition) is 3. The van der Waals surface area contributed by atoms with E-state index < -0.39 is 0 Å². The molecular weight excluding hydrogens is 226 g/mol. The van der Waals surface area contributed by atoms with Crippen molar-refractivity contribution in [2.24, 2.45) is 0 Å². The molecule has 4 heteroatoms. The maximum Gasteiger partial charge on any atom is 0.0638 e. The van der Waals surface area contributed by atoms with E-state index in [4.69, 9.17) is 5.11 Å². The summed E-state index contributed by atoms with van der Waals surface area (Å²) in [6.07, 6.45) is 9.38. The van der Waals surface area contributed by atoms with Crippen LogP contribution in [-0.2, 0) is 6.54 Å². The first kappa shape index (κ1) is 13.6. The minimum absolute atomic E-state index is 0.292. The Morgan fingerprint density at radius 2 is 2.17 bits per heavy atom. The molecule has 102 valence electrons. The fraction of sp³-hybridized carbons (Fsp3) is 0.786. The first-order chi connectivity index (χ1) is 8.81. The van der Waals surface area contributed by atoms with E-state index in [0.717, 1.165) is 31.6 Å². The Balaban J connectivity index is 1.81. The van der Waals surface area contributed by atoms with Gasteiger partial charge in [-0.2, -0.15) is 5.10 Å². The molecule has 2 N–H and O–H groups in total. The lowest BCUT2D eigenvalue weighted by atomic mass is 10.2. The highest BCUT2D eigenvalue weighted by Gasteiger charge is 2.18. The summed E-state index contributed by atoms with van der Waals surface area (Å²) in [6, 6.07) is 0.631. The van der Waals surface area contributed by atoms with E-state index in [9.17, 15) is 0 Å². The fourth-order valence-corrected chi connectivity index (χ4v) is 2.63. The molecule has 1 aromatic heterocycles. The Labute approximate surface area is 109 Å². The van der Waals surface area contributed by atoms with Crippen LogP contribution in [0, 0.1) is 6.92 Å². The molecule has 0 aromatic carbocycles. The Bertz CT molecular complexity index is 356. The lowest BCUT2D eigenvalue weighted by Gasteiger charge is -2.08. The molecular formula is C14H25N3O. The maximum atomic E-state index is 8.71. The molecule has 4 nitrogen and oxygen atoms in total. The molecule has 0 bridgehead atoms. The van der Waals surface area contributed by atoms with E-state index in [1.54, 1.807) is 0 Å². The van der Waals surface area contributed by atoms with Gasteiger partial charge < -0.3 is 10.4 Å². The first-order valence-electron chi connectivity index (χ1n) is 7.17. The van der Waals surface area contributed by atoms with E-state index >= 15 is 0 Å². The highest BCUT2D eigenvalue weighted by atomic mass is 16.2. The number of rotatable bonds is 7. The van der Waals surface area contributed by atoms with Gasteiger partial charge in [0.05, 0.1) is 11.7 Å². The van der Waals surface area contributed by atoms with Gasteiger partial charge in [-0.3, -0.25) is 4.68 Å². The highest BCUT2D eigenvalue weighted by Crippen LogP contribution is 2.29. The van der Waals surface area contributed by atoms with Crippen molar-refractivity contribution in [3.05, 3.63) is 17.5 Å². The van der Waals surface area contributed by atoms with Crippen molar-refractivity contribution in [2.75, 3.05) is 13.2 Å². The maximum absolute atomic E-state index is 8.71. The van der Waals surface area contributed by atoms with Gasteiger partial charge in [-0.25, -0.2) is 0 Å². The number of aliphatic hydroxyl groups excluding tert-OH is 1. The summed E-state index contributed by atoms with van der Waals surface area (Å²) in [5.74, 6) is 0. The number of aliphatic hydroxyl groups is 1. The molecule has 0 spiro atoms. The first-order valence-corrected chi connectivity index (χ1v) is 7.17. The summed E-state index contributed by atoms with van der Waals surface area (Å²) in [4.78, 5) is 0. The van der Waals surface area contributed by atoms with Crippen LogP contribution in [0.5, 0.6) is 0 Å². The van der Waals surface area contributed by atoms with Crippen molar-refractivity contribution in [1.82, 2.24) is 15.1 Å². The van der Waals surface area contributed by atoms with Crippen LogP contribution in [-0.4, -0.2) is 28.0 Å². The molecule has 0 unspecified atom stereocenters. The van der Waals surface area contributed by atoms with E-state index in [0.29, 0.717) is 12.6 Å². The van der Waals surface area contributed by atoms with Crippen molar-refractivity contribution < 1.29 is 5.11 Å². The molecule has 1 aliphatic carbocycles. The number of nitrogens with one attached hydrogen (secondary N) is 1. The van der Waals surface area contributed by atoms with Gasteiger partial charge >= 0.3 is 0 Å². The molecule has 0 saturated heterocycles. The highest BCUT2D eigenvalue weighted by molar-refractivity contribution is 5.15. The molecule has 0 atom stereocenters. The van der Waals surface area contributed by atoms with E-state index in [2.05, 4.69) is 28.2 Å². The molecule has 1 fully saturated rings. The van der Waals surface area contributed by atoms with Crippen LogP contribution >= 0.6 is 0 Å². The van der Waals surface area contributed by atoms with Gasteiger partial charge in [0.15, 0.2) is 0 Å². The minimum Gasteiger partial charge on any atom is -0.396 e. The third kappa shape index (κ3) is 3.56. The predicted octanol–water partition coefficient (Wildman–Crippen LogP) is 2.17. The molecule has 1 aromatic rings. The lowest BCUT2D eigenvalue weighted by molar-refractivity contribution is 0.283. The van der Waals surface area contributed by atoms with Crippen LogP contribution in [0.2, 0.25) is 0 Å². The largest absolute Gasteiger partial charge is 0.396 e. The third-order valence-electron chi connectivity index (χ3n) is 3.79. The fourth-order valence-electron chi connectivity index (χ4n) is 2.63. The smallest absolute Gasteiger partial charge is 0.0638 e. The van der Waals surface area contributed by atoms with Crippen LogP contribution in [0.1, 0.15) is 55.8 Å². The van der Waals surface area contributed by atoms with Crippen LogP contribution in [0.4, 0.5) is 0 Å². The Morgan fingerprint density at radius 1 is 1.39 bits per heavy atom. The zero-order valence-electron chi connectivity index (χ0n) is 11.4. The quantitative estimate of drug-likeness (QED) is 0.730. The van der Waals surface area contributed by atoms with Crippen molar-refractivity contribution >= 4 is 0 Å². The Kier molecular flexibility index (Phi) is 5.20. The average molecular weight is 251 g/mol. The minimum atomic E-state index is 0.292. The lowest BCUT2D eigenvalue weighted by Crippen LogP contribution is -2.15. The molecule has 0 amide bonds. The zero-order chi connectivity index (χ0) is 12.8. The van der Waals surface area contributed by atoms with Crippen LogP contribution in [0.15, 0.2) is 6.20 Å². The van der Waals surface area contributed by atoms with Gasteiger partial charge in [-0.05, 0) is 39.2 Å². The summed E-state index contributed by atoms with van der Waals surface area (Å²) in [5, 5.41) is 16.8. The van der Waals surface area contributed by atoms with Gasteiger partial charge in [0.1, 0.15) is 0 Å². The molecule has 0 radical (unpaired) electrons. The Morgan fingerprint density at radius 3 is 2.89 bits per heavy atom. The van der Waals surface area contributed by atoms with Crippen LogP contribution < -0.4 is 5.32 Å². The third-order valence-corrected chi connectivity index (χ3v) is 3.79. The van der Waals surface area contributed by atoms with Crippen molar-refractivity contribution in [1.29, 1.82) is 0 Å². The van der Waals surface area contributed by atoms with E-state index in [1.807, 2.05) is 0 Å². The summed E-state index contributed by atoms with van der Waals surface area (Å²) >= 11 is 0. The summed E-state index contributed by atoms with van der Waals surface area (Å²) in [7, 11) is 0. The van der Waals surface area contributed by atoms with Crippen molar-refractivity contribution in [3.63, 3.8) is 0 Å². The topological polar surface area (TPSA) is 50.1 Å². The Hall–Kier alpha value is -0.870. The van der Waals surface area contributed by atoms with Crippen molar-refractivity contribution in [2.45, 2.75) is 58.0 Å².